The lowest BCUT2D eigenvalue weighted by Crippen LogP contribution is -2.18. The monoisotopic (exact) mass is 183 g/mol. The standard InChI is InChI=1S/C7H10BNO2S/c1-5-6(8)3-2-4-7(5)12(9,10)11/h2-4H,8H2,1H3,(H2,9,10,11). The van der Waals surface area contributed by atoms with E-state index in [1.54, 1.807) is 13.0 Å². The molecule has 0 saturated carbocycles. The Bertz CT molecular complexity index is 400. The Balaban J connectivity index is 3.47. The number of hydrogen-bond acceptors (Lipinski definition) is 2. The van der Waals surface area contributed by atoms with E-state index in [0.717, 1.165) is 11.0 Å². The lowest BCUT2D eigenvalue weighted by atomic mass is 9.92. The van der Waals surface area contributed by atoms with Crippen molar-refractivity contribution in [3.63, 3.8) is 0 Å². The van der Waals surface area contributed by atoms with Crippen LogP contribution in [-0.4, -0.2) is 16.3 Å². The van der Waals surface area contributed by atoms with Crippen LogP contribution < -0.4 is 10.6 Å². The fourth-order valence-corrected chi connectivity index (χ4v) is 1.89. The molecular weight excluding hydrogens is 173 g/mol. The maximum Gasteiger partial charge on any atom is 0.238 e. The molecule has 0 heterocycles. The van der Waals surface area contributed by atoms with Gasteiger partial charge in [-0.25, -0.2) is 13.6 Å². The molecule has 0 radical (unpaired) electrons. The van der Waals surface area contributed by atoms with Crippen molar-refractivity contribution in [2.75, 3.05) is 0 Å². The zero-order chi connectivity index (χ0) is 9.35. The largest absolute Gasteiger partial charge is 0.238 e. The van der Waals surface area contributed by atoms with Crippen LogP contribution in [0.15, 0.2) is 23.1 Å². The van der Waals surface area contributed by atoms with Crippen molar-refractivity contribution in [2.24, 2.45) is 5.14 Å². The maximum atomic E-state index is 11.0. The summed E-state index contributed by atoms with van der Waals surface area (Å²) in [6.45, 7) is 1.75. The molecule has 1 rings (SSSR count). The summed E-state index contributed by atoms with van der Waals surface area (Å²) in [5.74, 6) is 0. The van der Waals surface area contributed by atoms with Crippen molar-refractivity contribution < 1.29 is 8.42 Å². The molecule has 0 saturated heterocycles. The average molecular weight is 183 g/mol. The molecule has 0 amide bonds. The van der Waals surface area contributed by atoms with Gasteiger partial charge in [0.15, 0.2) is 0 Å². The van der Waals surface area contributed by atoms with Gasteiger partial charge in [0.25, 0.3) is 0 Å². The van der Waals surface area contributed by atoms with E-state index in [9.17, 15) is 8.42 Å². The fraction of sp³-hybridized carbons (Fsp3) is 0.143. The third-order valence-electron chi connectivity index (χ3n) is 1.86. The third-order valence-corrected chi connectivity index (χ3v) is 2.92. The summed E-state index contributed by atoms with van der Waals surface area (Å²) < 4.78 is 22.0. The molecule has 0 aliphatic heterocycles. The highest BCUT2D eigenvalue weighted by Gasteiger charge is 2.10. The van der Waals surface area contributed by atoms with Gasteiger partial charge in [-0.15, -0.1) is 0 Å². The van der Waals surface area contributed by atoms with E-state index >= 15 is 0 Å². The van der Waals surface area contributed by atoms with Gasteiger partial charge in [0.2, 0.25) is 10.0 Å². The summed E-state index contributed by atoms with van der Waals surface area (Å²) in [6.07, 6.45) is 0. The molecular formula is C7H10BNO2S. The topological polar surface area (TPSA) is 60.2 Å². The quantitative estimate of drug-likeness (QED) is 0.562. The molecule has 0 bridgehead atoms. The molecule has 0 aromatic heterocycles. The van der Waals surface area contributed by atoms with Crippen LogP contribution in [0.3, 0.4) is 0 Å². The highest BCUT2D eigenvalue weighted by atomic mass is 32.2. The molecule has 12 heavy (non-hydrogen) atoms. The van der Waals surface area contributed by atoms with Gasteiger partial charge in [0, 0.05) is 0 Å². The molecule has 1 aromatic carbocycles. The molecule has 0 spiro atoms. The second kappa shape index (κ2) is 2.92. The van der Waals surface area contributed by atoms with Crippen LogP contribution in [0.5, 0.6) is 0 Å². The summed E-state index contributed by atoms with van der Waals surface area (Å²) in [4.78, 5) is 0.211. The molecule has 3 nitrogen and oxygen atoms in total. The van der Waals surface area contributed by atoms with Gasteiger partial charge in [-0.2, -0.15) is 0 Å². The number of sulfonamides is 1. The normalized spacial score (nSPS) is 11.5. The Kier molecular flexibility index (Phi) is 2.26. The first-order valence-corrected chi connectivity index (χ1v) is 5.06. The van der Waals surface area contributed by atoms with E-state index < -0.39 is 10.0 Å². The minimum absolute atomic E-state index is 0.211. The smallest absolute Gasteiger partial charge is 0.225 e. The van der Waals surface area contributed by atoms with Crippen LogP contribution in [0.25, 0.3) is 0 Å². The molecule has 0 unspecified atom stereocenters. The number of rotatable bonds is 1. The Hall–Kier alpha value is -0.805. The predicted molar refractivity (Wildman–Crippen MR) is 50.7 cm³/mol. The van der Waals surface area contributed by atoms with Crippen molar-refractivity contribution >= 4 is 23.3 Å². The van der Waals surface area contributed by atoms with Crippen LogP contribution in [0.1, 0.15) is 5.56 Å². The van der Waals surface area contributed by atoms with Gasteiger partial charge in [-0.1, -0.05) is 17.6 Å². The first kappa shape index (κ1) is 9.28. The highest BCUT2D eigenvalue weighted by Crippen LogP contribution is 2.09. The summed E-state index contributed by atoms with van der Waals surface area (Å²) in [7, 11) is -1.70. The summed E-state index contributed by atoms with van der Waals surface area (Å²) in [6, 6.07) is 5.05. The van der Waals surface area contributed by atoms with Gasteiger partial charge < -0.3 is 0 Å². The van der Waals surface area contributed by atoms with Gasteiger partial charge in [-0.05, 0) is 18.6 Å². The van der Waals surface area contributed by atoms with Crippen molar-refractivity contribution in [1.29, 1.82) is 0 Å². The average Bonchev–Trinajstić information content (AvgIpc) is 1.92. The summed E-state index contributed by atoms with van der Waals surface area (Å²) >= 11 is 0. The molecule has 2 N–H and O–H groups in total. The predicted octanol–water partition coefficient (Wildman–Crippen LogP) is -1.10. The van der Waals surface area contributed by atoms with Gasteiger partial charge in [0.1, 0.15) is 7.85 Å². The summed E-state index contributed by atoms with van der Waals surface area (Å²) in [5, 5.41) is 5.00. The second-order valence-corrected chi connectivity index (χ2v) is 4.27. The zero-order valence-electron chi connectivity index (χ0n) is 7.03. The highest BCUT2D eigenvalue weighted by molar-refractivity contribution is 7.89. The van der Waals surface area contributed by atoms with E-state index in [4.69, 9.17) is 5.14 Å². The lowest BCUT2D eigenvalue weighted by molar-refractivity contribution is 0.597. The Morgan fingerprint density at radius 1 is 1.42 bits per heavy atom. The Morgan fingerprint density at radius 3 is 2.42 bits per heavy atom. The molecule has 5 heteroatoms. The first-order valence-electron chi connectivity index (χ1n) is 3.52. The third kappa shape index (κ3) is 1.68. The SMILES string of the molecule is Bc1cccc(S(N)(=O)=O)c1C. The molecule has 0 atom stereocenters. The van der Waals surface area contributed by atoms with E-state index in [1.807, 2.05) is 13.9 Å². The summed E-state index contributed by atoms with van der Waals surface area (Å²) in [5.41, 5.74) is 1.65. The van der Waals surface area contributed by atoms with E-state index in [1.165, 1.54) is 6.07 Å². The van der Waals surface area contributed by atoms with Gasteiger partial charge in [-0.3, -0.25) is 0 Å². The first-order chi connectivity index (χ1) is 5.43. The molecule has 0 aliphatic carbocycles. The molecule has 64 valence electrons. The minimum atomic E-state index is -3.56. The van der Waals surface area contributed by atoms with Crippen LogP contribution in [0.4, 0.5) is 0 Å². The van der Waals surface area contributed by atoms with Crippen molar-refractivity contribution in [3.05, 3.63) is 23.8 Å². The van der Waals surface area contributed by atoms with E-state index in [0.29, 0.717) is 0 Å². The lowest BCUT2D eigenvalue weighted by Gasteiger charge is -2.05. The number of benzene rings is 1. The Labute approximate surface area is 73.0 Å². The van der Waals surface area contributed by atoms with Crippen LogP contribution >= 0.6 is 0 Å². The Morgan fingerprint density at radius 2 is 2.00 bits per heavy atom. The molecule has 0 fully saturated rings. The second-order valence-electron chi connectivity index (χ2n) is 2.74. The van der Waals surface area contributed by atoms with Crippen LogP contribution in [0, 0.1) is 6.92 Å². The number of primary sulfonamides is 1. The minimum Gasteiger partial charge on any atom is -0.225 e. The van der Waals surface area contributed by atoms with Crippen molar-refractivity contribution in [2.45, 2.75) is 11.8 Å². The fourth-order valence-electron chi connectivity index (χ4n) is 1.03. The number of nitrogens with two attached hydrogens (primary N) is 1. The van der Waals surface area contributed by atoms with Crippen molar-refractivity contribution in [1.82, 2.24) is 0 Å². The van der Waals surface area contributed by atoms with Gasteiger partial charge >= 0.3 is 0 Å². The number of hydrogen-bond donors (Lipinski definition) is 1. The van der Waals surface area contributed by atoms with Crippen LogP contribution in [-0.2, 0) is 10.0 Å². The zero-order valence-corrected chi connectivity index (χ0v) is 7.85. The maximum absolute atomic E-state index is 11.0. The molecule has 0 aliphatic rings. The van der Waals surface area contributed by atoms with Crippen LogP contribution in [0.2, 0.25) is 0 Å². The van der Waals surface area contributed by atoms with E-state index in [2.05, 4.69) is 0 Å². The van der Waals surface area contributed by atoms with Gasteiger partial charge in [0.05, 0.1) is 4.90 Å². The van der Waals surface area contributed by atoms with E-state index in [-0.39, 0.29) is 4.90 Å². The molecule has 1 aromatic rings. The van der Waals surface area contributed by atoms with Crippen molar-refractivity contribution in [3.8, 4) is 0 Å².